The Labute approximate surface area is 122 Å². The molecule has 112 valence electrons. The van der Waals surface area contributed by atoms with Crippen LogP contribution < -0.4 is 4.74 Å². The number of benzene rings is 1. The van der Waals surface area contributed by atoms with Crippen molar-refractivity contribution in [2.24, 2.45) is 0 Å². The SMILES string of the molecule is COc1ccc(C(O)C(C)N2CCN(C)CC2C)cc1. The molecule has 2 rings (SSSR count). The van der Waals surface area contributed by atoms with Gasteiger partial charge in [0.05, 0.1) is 13.2 Å². The molecule has 1 aromatic carbocycles. The van der Waals surface area contributed by atoms with E-state index in [1.54, 1.807) is 7.11 Å². The van der Waals surface area contributed by atoms with Crippen molar-refractivity contribution in [1.29, 1.82) is 0 Å². The van der Waals surface area contributed by atoms with Gasteiger partial charge in [0.1, 0.15) is 5.75 Å². The minimum absolute atomic E-state index is 0.118. The molecule has 3 unspecified atom stereocenters. The highest BCUT2D eigenvalue weighted by Crippen LogP contribution is 2.25. The summed E-state index contributed by atoms with van der Waals surface area (Å²) in [6.45, 7) is 7.46. The van der Waals surface area contributed by atoms with Crippen LogP contribution >= 0.6 is 0 Å². The van der Waals surface area contributed by atoms with Crippen LogP contribution in [-0.2, 0) is 0 Å². The number of nitrogens with zero attached hydrogens (tertiary/aromatic N) is 2. The van der Waals surface area contributed by atoms with Crippen LogP contribution in [0.5, 0.6) is 5.75 Å². The van der Waals surface area contributed by atoms with E-state index < -0.39 is 6.10 Å². The third kappa shape index (κ3) is 3.32. The minimum Gasteiger partial charge on any atom is -0.497 e. The average molecular weight is 278 g/mol. The van der Waals surface area contributed by atoms with E-state index in [1.807, 2.05) is 24.3 Å². The van der Waals surface area contributed by atoms with Gasteiger partial charge in [-0.25, -0.2) is 0 Å². The quantitative estimate of drug-likeness (QED) is 0.910. The molecule has 4 nitrogen and oxygen atoms in total. The summed E-state index contributed by atoms with van der Waals surface area (Å²) in [5.74, 6) is 0.821. The number of aliphatic hydroxyl groups excluding tert-OH is 1. The lowest BCUT2D eigenvalue weighted by atomic mass is 10.00. The molecule has 0 radical (unpaired) electrons. The van der Waals surface area contributed by atoms with Crippen molar-refractivity contribution in [3.05, 3.63) is 29.8 Å². The van der Waals surface area contributed by atoms with Crippen LogP contribution in [0, 0.1) is 0 Å². The Hall–Kier alpha value is -1.10. The highest BCUT2D eigenvalue weighted by atomic mass is 16.5. The molecule has 20 heavy (non-hydrogen) atoms. The summed E-state index contributed by atoms with van der Waals surface area (Å²) in [4.78, 5) is 4.74. The number of aliphatic hydroxyl groups is 1. The Bertz CT molecular complexity index is 421. The van der Waals surface area contributed by atoms with Crippen LogP contribution in [0.15, 0.2) is 24.3 Å². The van der Waals surface area contributed by atoms with Crippen LogP contribution in [0.3, 0.4) is 0 Å². The van der Waals surface area contributed by atoms with Crippen LogP contribution in [0.2, 0.25) is 0 Å². The molecular weight excluding hydrogens is 252 g/mol. The van der Waals surface area contributed by atoms with Crippen LogP contribution in [-0.4, -0.2) is 60.8 Å². The van der Waals surface area contributed by atoms with Gasteiger partial charge in [-0.1, -0.05) is 12.1 Å². The van der Waals surface area contributed by atoms with Crippen molar-refractivity contribution < 1.29 is 9.84 Å². The maximum absolute atomic E-state index is 10.6. The number of ether oxygens (including phenoxy) is 1. The van der Waals surface area contributed by atoms with Gasteiger partial charge < -0.3 is 14.7 Å². The summed E-state index contributed by atoms with van der Waals surface area (Å²) in [5.41, 5.74) is 0.949. The summed E-state index contributed by atoms with van der Waals surface area (Å²) < 4.78 is 5.16. The number of hydrogen-bond acceptors (Lipinski definition) is 4. The topological polar surface area (TPSA) is 35.9 Å². The maximum atomic E-state index is 10.6. The van der Waals surface area contributed by atoms with Gasteiger partial charge in [0, 0.05) is 31.7 Å². The fraction of sp³-hybridized carbons (Fsp3) is 0.625. The molecule has 1 aliphatic rings. The Morgan fingerprint density at radius 3 is 2.45 bits per heavy atom. The standard InChI is InChI=1S/C16H26N2O2/c1-12-11-17(3)9-10-18(12)13(2)16(19)14-5-7-15(20-4)8-6-14/h5-8,12-13,16,19H,9-11H2,1-4H3. The molecule has 0 bridgehead atoms. The molecule has 1 aliphatic heterocycles. The fourth-order valence-corrected chi connectivity index (χ4v) is 3.02. The van der Waals surface area contributed by atoms with E-state index >= 15 is 0 Å². The smallest absolute Gasteiger partial charge is 0.118 e. The molecule has 1 fully saturated rings. The summed E-state index contributed by atoms with van der Waals surface area (Å²) in [5, 5.41) is 10.6. The molecule has 1 heterocycles. The highest BCUT2D eigenvalue weighted by molar-refractivity contribution is 5.29. The second kappa shape index (κ2) is 6.57. The minimum atomic E-state index is -0.466. The van der Waals surface area contributed by atoms with Crippen LogP contribution in [0.4, 0.5) is 0 Å². The number of methoxy groups -OCH3 is 1. The van der Waals surface area contributed by atoms with Gasteiger partial charge in [0.15, 0.2) is 0 Å². The van der Waals surface area contributed by atoms with E-state index in [2.05, 4.69) is 30.7 Å². The lowest BCUT2D eigenvalue weighted by Gasteiger charge is -2.43. The molecule has 0 amide bonds. The first-order chi connectivity index (χ1) is 9.52. The van der Waals surface area contributed by atoms with Gasteiger partial charge in [-0.2, -0.15) is 0 Å². The fourth-order valence-electron chi connectivity index (χ4n) is 3.02. The number of piperazine rings is 1. The van der Waals surface area contributed by atoms with Crippen molar-refractivity contribution >= 4 is 0 Å². The third-order valence-electron chi connectivity index (χ3n) is 4.32. The maximum Gasteiger partial charge on any atom is 0.118 e. The predicted molar refractivity (Wildman–Crippen MR) is 81.1 cm³/mol. The summed E-state index contributed by atoms with van der Waals surface area (Å²) in [6.07, 6.45) is -0.466. The zero-order valence-corrected chi connectivity index (χ0v) is 12.9. The van der Waals surface area contributed by atoms with Crippen molar-refractivity contribution in [3.63, 3.8) is 0 Å². The van der Waals surface area contributed by atoms with E-state index in [0.29, 0.717) is 6.04 Å². The Kier molecular flexibility index (Phi) is 5.02. The number of rotatable bonds is 4. The van der Waals surface area contributed by atoms with Gasteiger partial charge in [-0.3, -0.25) is 4.90 Å². The second-order valence-electron chi connectivity index (χ2n) is 5.81. The molecule has 4 heteroatoms. The summed E-state index contributed by atoms with van der Waals surface area (Å²) in [7, 11) is 3.80. The summed E-state index contributed by atoms with van der Waals surface area (Å²) >= 11 is 0. The van der Waals surface area contributed by atoms with E-state index in [-0.39, 0.29) is 6.04 Å². The van der Waals surface area contributed by atoms with E-state index in [0.717, 1.165) is 30.9 Å². The molecule has 1 saturated heterocycles. The first-order valence-corrected chi connectivity index (χ1v) is 7.29. The van der Waals surface area contributed by atoms with Crippen molar-refractivity contribution in [2.45, 2.75) is 32.0 Å². The Balaban J connectivity index is 2.05. The third-order valence-corrected chi connectivity index (χ3v) is 4.32. The predicted octanol–water partition coefficient (Wildman–Crippen LogP) is 1.75. The van der Waals surface area contributed by atoms with Crippen molar-refractivity contribution in [2.75, 3.05) is 33.8 Å². The molecule has 1 aromatic rings. The molecular formula is C16H26N2O2. The van der Waals surface area contributed by atoms with Gasteiger partial charge in [-0.05, 0) is 38.6 Å². The van der Waals surface area contributed by atoms with Gasteiger partial charge in [-0.15, -0.1) is 0 Å². The lowest BCUT2D eigenvalue weighted by molar-refractivity contribution is 0.00199. The van der Waals surface area contributed by atoms with Crippen molar-refractivity contribution in [1.82, 2.24) is 9.80 Å². The Morgan fingerprint density at radius 1 is 1.25 bits per heavy atom. The van der Waals surface area contributed by atoms with E-state index in [9.17, 15) is 5.11 Å². The lowest BCUT2D eigenvalue weighted by Crippen LogP contribution is -2.54. The molecule has 0 aromatic heterocycles. The van der Waals surface area contributed by atoms with E-state index in [4.69, 9.17) is 4.74 Å². The van der Waals surface area contributed by atoms with Crippen molar-refractivity contribution in [3.8, 4) is 5.75 Å². The van der Waals surface area contributed by atoms with Gasteiger partial charge >= 0.3 is 0 Å². The molecule has 0 aliphatic carbocycles. The molecule has 3 atom stereocenters. The van der Waals surface area contributed by atoms with Gasteiger partial charge in [0.2, 0.25) is 0 Å². The average Bonchev–Trinajstić information content (AvgIpc) is 2.46. The second-order valence-corrected chi connectivity index (χ2v) is 5.81. The van der Waals surface area contributed by atoms with E-state index in [1.165, 1.54) is 0 Å². The number of likely N-dealkylation sites (N-methyl/N-ethyl adjacent to an activating group) is 1. The largest absolute Gasteiger partial charge is 0.497 e. The van der Waals surface area contributed by atoms with Crippen LogP contribution in [0.1, 0.15) is 25.5 Å². The zero-order valence-electron chi connectivity index (χ0n) is 12.9. The summed E-state index contributed by atoms with van der Waals surface area (Å²) in [6, 6.07) is 8.28. The number of hydrogen-bond donors (Lipinski definition) is 1. The van der Waals surface area contributed by atoms with Gasteiger partial charge in [0.25, 0.3) is 0 Å². The molecule has 1 N–H and O–H groups in total. The monoisotopic (exact) mass is 278 g/mol. The highest BCUT2D eigenvalue weighted by Gasteiger charge is 2.30. The zero-order chi connectivity index (χ0) is 14.7. The first-order valence-electron chi connectivity index (χ1n) is 7.29. The normalized spacial score (nSPS) is 24.4. The first kappa shape index (κ1) is 15.3. The Morgan fingerprint density at radius 2 is 1.90 bits per heavy atom. The molecule has 0 saturated carbocycles. The van der Waals surface area contributed by atoms with Crippen LogP contribution in [0.25, 0.3) is 0 Å². The molecule has 0 spiro atoms.